The van der Waals surface area contributed by atoms with E-state index in [1.54, 1.807) is 11.3 Å². The summed E-state index contributed by atoms with van der Waals surface area (Å²) in [5.41, 5.74) is 5.50. The van der Waals surface area contributed by atoms with Gasteiger partial charge in [-0.2, -0.15) is 0 Å². The molecule has 0 bridgehead atoms. The third kappa shape index (κ3) is 2.63. The maximum atomic E-state index is 5.50. The third-order valence-corrected chi connectivity index (χ3v) is 3.57. The van der Waals surface area contributed by atoms with Gasteiger partial charge >= 0.3 is 0 Å². The number of nitrogens with two attached hydrogens (primary N) is 1. The zero-order valence-corrected chi connectivity index (χ0v) is 11.2. The molecule has 0 aliphatic rings. The van der Waals surface area contributed by atoms with Gasteiger partial charge in [0.2, 0.25) is 0 Å². The first-order valence-corrected chi connectivity index (χ1v) is 6.47. The quantitative estimate of drug-likeness (QED) is 0.943. The van der Waals surface area contributed by atoms with E-state index in [2.05, 4.69) is 30.9 Å². The Kier molecular flexibility index (Phi) is 3.63. The highest BCUT2D eigenvalue weighted by atomic mass is 79.9. The molecule has 84 valence electrons. The Hall–Kier alpha value is -0.850. The molecule has 0 spiro atoms. The van der Waals surface area contributed by atoms with Crippen LogP contribution in [0.5, 0.6) is 0 Å². The fraction of sp³-hybridized carbons (Fsp3) is 0.300. The highest BCUT2D eigenvalue weighted by Gasteiger charge is 2.08. The first-order valence-electron chi connectivity index (χ1n) is 4.86. The molecule has 4 nitrogen and oxygen atoms in total. The zero-order valence-electron chi connectivity index (χ0n) is 8.77. The molecule has 0 atom stereocenters. The van der Waals surface area contributed by atoms with E-state index in [1.807, 2.05) is 19.1 Å². The molecule has 2 aromatic heterocycles. The molecular formula is C10H11BrN4S. The largest absolute Gasteiger partial charge is 0.330 e. The molecular weight excluding hydrogens is 288 g/mol. The summed E-state index contributed by atoms with van der Waals surface area (Å²) in [5, 5.41) is 0. The number of rotatable bonds is 3. The second kappa shape index (κ2) is 4.99. The van der Waals surface area contributed by atoms with Crippen LogP contribution in [0.1, 0.15) is 11.6 Å². The molecule has 16 heavy (non-hydrogen) atoms. The van der Waals surface area contributed by atoms with E-state index in [0.29, 0.717) is 13.0 Å². The Labute approximate surface area is 106 Å². The van der Waals surface area contributed by atoms with Crippen LogP contribution in [0, 0.1) is 6.92 Å². The lowest BCUT2D eigenvalue weighted by atomic mass is 10.4. The molecule has 2 heterocycles. The van der Waals surface area contributed by atoms with Gasteiger partial charge in [0.15, 0.2) is 5.82 Å². The minimum atomic E-state index is 0.553. The zero-order chi connectivity index (χ0) is 11.5. The van der Waals surface area contributed by atoms with Crippen molar-refractivity contribution >= 4 is 27.3 Å². The van der Waals surface area contributed by atoms with Crippen molar-refractivity contribution < 1.29 is 0 Å². The van der Waals surface area contributed by atoms with E-state index < -0.39 is 0 Å². The second-order valence-electron chi connectivity index (χ2n) is 3.26. The number of aromatic nitrogens is 3. The van der Waals surface area contributed by atoms with Gasteiger partial charge in [-0.1, -0.05) is 0 Å². The number of hydrogen-bond donors (Lipinski definition) is 1. The highest BCUT2D eigenvalue weighted by molar-refractivity contribution is 9.11. The predicted octanol–water partition coefficient (Wildman–Crippen LogP) is 2.17. The van der Waals surface area contributed by atoms with Crippen molar-refractivity contribution in [1.82, 2.24) is 15.0 Å². The van der Waals surface area contributed by atoms with Gasteiger partial charge in [-0.05, 0) is 41.5 Å². The van der Waals surface area contributed by atoms with Crippen molar-refractivity contribution in [3.05, 3.63) is 27.6 Å². The summed E-state index contributed by atoms with van der Waals surface area (Å²) in [6.07, 6.45) is 0.683. The standard InChI is InChI=1S/C10H11BrN4S/c1-6-13-9(4-5-12)15-10(14-6)7-2-3-8(11)16-7/h2-3H,4-5,12H2,1H3. The van der Waals surface area contributed by atoms with Crippen LogP contribution in [0.3, 0.4) is 0 Å². The van der Waals surface area contributed by atoms with Crippen molar-refractivity contribution in [2.75, 3.05) is 6.54 Å². The van der Waals surface area contributed by atoms with Gasteiger partial charge in [0.1, 0.15) is 11.6 Å². The van der Waals surface area contributed by atoms with Crippen LogP contribution >= 0.6 is 27.3 Å². The monoisotopic (exact) mass is 298 g/mol. The number of aryl methyl sites for hydroxylation is 1. The van der Waals surface area contributed by atoms with Crippen LogP contribution in [0.15, 0.2) is 15.9 Å². The van der Waals surface area contributed by atoms with Crippen molar-refractivity contribution in [2.45, 2.75) is 13.3 Å². The summed E-state index contributed by atoms with van der Waals surface area (Å²) in [5.74, 6) is 2.22. The molecule has 0 unspecified atom stereocenters. The summed E-state index contributed by atoms with van der Waals surface area (Å²) >= 11 is 5.03. The Morgan fingerprint density at radius 2 is 2.12 bits per heavy atom. The van der Waals surface area contributed by atoms with E-state index >= 15 is 0 Å². The van der Waals surface area contributed by atoms with Crippen molar-refractivity contribution in [2.24, 2.45) is 5.73 Å². The molecule has 2 rings (SSSR count). The summed E-state index contributed by atoms with van der Waals surface area (Å²) in [7, 11) is 0. The van der Waals surface area contributed by atoms with Crippen LogP contribution in [0.25, 0.3) is 10.7 Å². The molecule has 0 aromatic carbocycles. The van der Waals surface area contributed by atoms with Crippen molar-refractivity contribution in [1.29, 1.82) is 0 Å². The Morgan fingerprint density at radius 3 is 2.75 bits per heavy atom. The minimum Gasteiger partial charge on any atom is -0.330 e. The first kappa shape index (κ1) is 11.6. The van der Waals surface area contributed by atoms with Gasteiger partial charge in [0, 0.05) is 6.42 Å². The van der Waals surface area contributed by atoms with Gasteiger partial charge in [-0.25, -0.2) is 15.0 Å². The predicted molar refractivity (Wildman–Crippen MR) is 68.3 cm³/mol. The first-order chi connectivity index (χ1) is 7.69. The Balaban J connectivity index is 2.40. The lowest BCUT2D eigenvalue weighted by Crippen LogP contribution is -2.09. The Bertz CT molecular complexity index is 497. The second-order valence-corrected chi connectivity index (χ2v) is 5.73. The van der Waals surface area contributed by atoms with Crippen LogP contribution in [0.4, 0.5) is 0 Å². The molecule has 0 aliphatic heterocycles. The number of thiophene rings is 1. The fourth-order valence-corrected chi connectivity index (χ4v) is 2.64. The normalized spacial score (nSPS) is 10.7. The van der Waals surface area contributed by atoms with Gasteiger partial charge in [-0.3, -0.25) is 0 Å². The molecule has 0 saturated carbocycles. The van der Waals surface area contributed by atoms with E-state index in [0.717, 1.165) is 26.1 Å². The fourth-order valence-electron chi connectivity index (χ4n) is 1.32. The molecule has 6 heteroatoms. The molecule has 2 N–H and O–H groups in total. The summed E-state index contributed by atoms with van der Waals surface area (Å²) in [6.45, 7) is 2.42. The average Bonchev–Trinajstić information content (AvgIpc) is 2.64. The molecule has 0 amide bonds. The average molecular weight is 299 g/mol. The molecule has 0 aliphatic carbocycles. The summed E-state index contributed by atoms with van der Waals surface area (Å²) < 4.78 is 1.07. The van der Waals surface area contributed by atoms with Crippen molar-refractivity contribution in [3.63, 3.8) is 0 Å². The minimum absolute atomic E-state index is 0.553. The van der Waals surface area contributed by atoms with Crippen LogP contribution in [-0.2, 0) is 6.42 Å². The van der Waals surface area contributed by atoms with E-state index in [4.69, 9.17) is 5.73 Å². The van der Waals surface area contributed by atoms with Gasteiger partial charge in [-0.15, -0.1) is 11.3 Å². The summed E-state index contributed by atoms with van der Waals surface area (Å²) in [6, 6.07) is 3.98. The third-order valence-electron chi connectivity index (χ3n) is 1.96. The molecule has 0 fully saturated rings. The van der Waals surface area contributed by atoms with Crippen molar-refractivity contribution in [3.8, 4) is 10.7 Å². The number of halogens is 1. The van der Waals surface area contributed by atoms with Gasteiger partial charge in [0.25, 0.3) is 0 Å². The molecule has 0 saturated heterocycles. The maximum absolute atomic E-state index is 5.50. The molecule has 2 aromatic rings. The van der Waals surface area contributed by atoms with Gasteiger partial charge < -0.3 is 5.73 Å². The smallest absolute Gasteiger partial charge is 0.173 e. The Morgan fingerprint density at radius 1 is 1.31 bits per heavy atom. The number of hydrogen-bond acceptors (Lipinski definition) is 5. The van der Waals surface area contributed by atoms with Gasteiger partial charge in [0.05, 0.1) is 8.66 Å². The van der Waals surface area contributed by atoms with E-state index in [-0.39, 0.29) is 0 Å². The lowest BCUT2D eigenvalue weighted by Gasteiger charge is -2.02. The highest BCUT2D eigenvalue weighted by Crippen LogP contribution is 2.28. The van der Waals surface area contributed by atoms with Crippen LogP contribution < -0.4 is 5.73 Å². The SMILES string of the molecule is Cc1nc(CCN)nc(-c2ccc(Br)s2)n1. The maximum Gasteiger partial charge on any atom is 0.173 e. The van der Waals surface area contributed by atoms with Crippen LogP contribution in [-0.4, -0.2) is 21.5 Å². The number of nitrogens with zero attached hydrogens (tertiary/aromatic N) is 3. The van der Waals surface area contributed by atoms with E-state index in [9.17, 15) is 0 Å². The van der Waals surface area contributed by atoms with E-state index in [1.165, 1.54) is 0 Å². The topological polar surface area (TPSA) is 64.7 Å². The molecule has 0 radical (unpaired) electrons. The van der Waals surface area contributed by atoms with Crippen LogP contribution in [0.2, 0.25) is 0 Å². The summed E-state index contributed by atoms with van der Waals surface area (Å²) in [4.78, 5) is 14.0. The lowest BCUT2D eigenvalue weighted by molar-refractivity contribution is 0.828.